The number of carbonyl (C=O) groups excluding carboxylic acids is 1. The zero-order chi connectivity index (χ0) is 12.6. The fourth-order valence-electron chi connectivity index (χ4n) is 1.61. The molecule has 1 N–H and O–H groups in total. The molecule has 0 radical (unpaired) electrons. The van der Waals surface area contributed by atoms with E-state index < -0.39 is 12.0 Å². The normalized spacial score (nSPS) is 12.5. The van der Waals surface area contributed by atoms with Gasteiger partial charge >= 0.3 is 11.9 Å². The standard InChI is InChI=1S/C11H21NO4/c1-4-6-9(11(14)15)12(5-2)8-7-10(13)16-3/h9H,4-8H2,1-3H3,(H,14,15). The number of carboxylic acids is 1. The van der Waals surface area contributed by atoms with Crippen LogP contribution in [0.15, 0.2) is 0 Å². The van der Waals surface area contributed by atoms with E-state index in [-0.39, 0.29) is 12.4 Å². The van der Waals surface area contributed by atoms with E-state index in [1.165, 1.54) is 7.11 Å². The third-order valence-corrected chi connectivity index (χ3v) is 2.52. The van der Waals surface area contributed by atoms with E-state index in [0.29, 0.717) is 19.5 Å². The molecule has 0 saturated carbocycles. The highest BCUT2D eigenvalue weighted by atomic mass is 16.5. The van der Waals surface area contributed by atoms with Crippen LogP contribution in [0.4, 0.5) is 0 Å². The van der Waals surface area contributed by atoms with E-state index >= 15 is 0 Å². The highest BCUT2D eigenvalue weighted by Gasteiger charge is 2.23. The van der Waals surface area contributed by atoms with Crippen LogP contribution >= 0.6 is 0 Å². The van der Waals surface area contributed by atoms with Gasteiger partial charge in [0.15, 0.2) is 0 Å². The monoisotopic (exact) mass is 231 g/mol. The number of likely N-dealkylation sites (N-methyl/N-ethyl adjacent to an activating group) is 1. The number of methoxy groups -OCH3 is 1. The van der Waals surface area contributed by atoms with Crippen LogP contribution in [0.3, 0.4) is 0 Å². The van der Waals surface area contributed by atoms with Crippen molar-refractivity contribution in [3.05, 3.63) is 0 Å². The van der Waals surface area contributed by atoms with Gasteiger partial charge in [-0.25, -0.2) is 0 Å². The molecule has 94 valence electrons. The van der Waals surface area contributed by atoms with Crippen molar-refractivity contribution in [1.82, 2.24) is 4.90 Å². The number of rotatable bonds is 8. The van der Waals surface area contributed by atoms with E-state index in [9.17, 15) is 9.59 Å². The summed E-state index contributed by atoms with van der Waals surface area (Å²) in [5, 5.41) is 9.07. The van der Waals surface area contributed by atoms with Crippen molar-refractivity contribution < 1.29 is 19.4 Å². The summed E-state index contributed by atoms with van der Waals surface area (Å²) in [7, 11) is 1.33. The second-order valence-electron chi connectivity index (χ2n) is 3.60. The van der Waals surface area contributed by atoms with Gasteiger partial charge in [0.05, 0.1) is 13.5 Å². The van der Waals surface area contributed by atoms with E-state index in [2.05, 4.69) is 4.74 Å². The summed E-state index contributed by atoms with van der Waals surface area (Å²) in [5.41, 5.74) is 0. The Morgan fingerprint density at radius 1 is 1.38 bits per heavy atom. The van der Waals surface area contributed by atoms with Crippen molar-refractivity contribution >= 4 is 11.9 Å². The van der Waals surface area contributed by atoms with E-state index in [4.69, 9.17) is 5.11 Å². The van der Waals surface area contributed by atoms with Gasteiger partial charge < -0.3 is 9.84 Å². The summed E-state index contributed by atoms with van der Waals surface area (Å²) in [6.07, 6.45) is 1.65. The maximum absolute atomic E-state index is 11.0. The van der Waals surface area contributed by atoms with Crippen LogP contribution in [0, 0.1) is 0 Å². The average Bonchev–Trinajstić information content (AvgIpc) is 2.27. The summed E-state index contributed by atoms with van der Waals surface area (Å²) in [4.78, 5) is 23.8. The topological polar surface area (TPSA) is 66.8 Å². The molecule has 0 aromatic heterocycles. The van der Waals surface area contributed by atoms with Crippen molar-refractivity contribution in [2.75, 3.05) is 20.2 Å². The van der Waals surface area contributed by atoms with Gasteiger partial charge in [-0.2, -0.15) is 0 Å². The Morgan fingerprint density at radius 2 is 2.00 bits per heavy atom. The van der Waals surface area contributed by atoms with Crippen LogP contribution in [0.25, 0.3) is 0 Å². The zero-order valence-electron chi connectivity index (χ0n) is 10.2. The minimum absolute atomic E-state index is 0.234. The molecule has 0 aromatic rings. The fraction of sp³-hybridized carbons (Fsp3) is 0.818. The first-order valence-electron chi connectivity index (χ1n) is 5.60. The molecule has 0 fully saturated rings. The second-order valence-corrected chi connectivity index (χ2v) is 3.60. The van der Waals surface area contributed by atoms with Crippen molar-refractivity contribution in [2.45, 2.75) is 39.2 Å². The van der Waals surface area contributed by atoms with Crippen LogP contribution in [0.2, 0.25) is 0 Å². The van der Waals surface area contributed by atoms with Gasteiger partial charge in [-0.1, -0.05) is 20.3 Å². The molecule has 0 amide bonds. The summed E-state index contributed by atoms with van der Waals surface area (Å²) in [6, 6.07) is -0.500. The highest BCUT2D eigenvalue weighted by molar-refractivity contribution is 5.73. The number of aliphatic carboxylic acids is 1. The first-order chi connectivity index (χ1) is 7.56. The molecule has 0 bridgehead atoms. The number of ether oxygens (including phenoxy) is 1. The highest BCUT2D eigenvalue weighted by Crippen LogP contribution is 2.08. The van der Waals surface area contributed by atoms with Crippen LogP contribution in [-0.4, -0.2) is 48.2 Å². The molecule has 16 heavy (non-hydrogen) atoms. The quantitative estimate of drug-likeness (QED) is 0.634. The lowest BCUT2D eigenvalue weighted by Gasteiger charge is -2.26. The molecule has 0 rings (SSSR count). The number of esters is 1. The Labute approximate surface area is 96.4 Å². The van der Waals surface area contributed by atoms with Crippen LogP contribution in [0.1, 0.15) is 33.1 Å². The molecule has 0 spiro atoms. The number of carbonyl (C=O) groups is 2. The maximum Gasteiger partial charge on any atom is 0.320 e. The first-order valence-corrected chi connectivity index (χ1v) is 5.60. The fourth-order valence-corrected chi connectivity index (χ4v) is 1.61. The summed E-state index contributed by atoms with van der Waals surface area (Å²) in [6.45, 7) is 4.89. The molecule has 0 aliphatic carbocycles. The summed E-state index contributed by atoms with van der Waals surface area (Å²) >= 11 is 0. The Morgan fingerprint density at radius 3 is 2.38 bits per heavy atom. The zero-order valence-corrected chi connectivity index (χ0v) is 10.2. The first kappa shape index (κ1) is 14.9. The molecule has 1 atom stereocenters. The number of hydrogen-bond acceptors (Lipinski definition) is 4. The van der Waals surface area contributed by atoms with Crippen molar-refractivity contribution in [2.24, 2.45) is 0 Å². The van der Waals surface area contributed by atoms with E-state index in [1.54, 1.807) is 4.90 Å². The van der Waals surface area contributed by atoms with E-state index in [1.807, 2.05) is 13.8 Å². The van der Waals surface area contributed by atoms with Crippen molar-refractivity contribution in [3.8, 4) is 0 Å². The van der Waals surface area contributed by atoms with Gasteiger partial charge in [0.2, 0.25) is 0 Å². The minimum Gasteiger partial charge on any atom is -0.480 e. The molecule has 5 heteroatoms. The molecule has 0 aliphatic heterocycles. The smallest absolute Gasteiger partial charge is 0.320 e. The van der Waals surface area contributed by atoms with E-state index in [0.717, 1.165) is 6.42 Å². The maximum atomic E-state index is 11.0. The lowest BCUT2D eigenvalue weighted by molar-refractivity contribution is -0.146. The van der Waals surface area contributed by atoms with Gasteiger partial charge in [0, 0.05) is 6.54 Å². The van der Waals surface area contributed by atoms with Crippen LogP contribution < -0.4 is 0 Å². The minimum atomic E-state index is -0.825. The predicted octanol–water partition coefficient (Wildman–Crippen LogP) is 1.12. The molecular formula is C11H21NO4. The lowest BCUT2D eigenvalue weighted by atomic mass is 10.1. The van der Waals surface area contributed by atoms with Gasteiger partial charge in [0.1, 0.15) is 6.04 Å². The van der Waals surface area contributed by atoms with Crippen molar-refractivity contribution in [3.63, 3.8) is 0 Å². The SMILES string of the molecule is CCCC(C(=O)O)N(CC)CCC(=O)OC. The summed E-state index contributed by atoms with van der Waals surface area (Å²) < 4.78 is 4.53. The largest absolute Gasteiger partial charge is 0.480 e. The number of hydrogen-bond donors (Lipinski definition) is 1. The van der Waals surface area contributed by atoms with Crippen LogP contribution in [0.5, 0.6) is 0 Å². The van der Waals surface area contributed by atoms with Gasteiger partial charge in [-0.15, -0.1) is 0 Å². The number of carboxylic acid groups (broad SMARTS) is 1. The predicted molar refractivity (Wildman–Crippen MR) is 60.2 cm³/mol. The lowest BCUT2D eigenvalue weighted by Crippen LogP contribution is -2.42. The Kier molecular flexibility index (Phi) is 7.54. The molecule has 5 nitrogen and oxygen atoms in total. The number of nitrogens with zero attached hydrogens (tertiary/aromatic N) is 1. The van der Waals surface area contributed by atoms with Crippen LogP contribution in [-0.2, 0) is 14.3 Å². The second kappa shape index (κ2) is 8.10. The Hall–Kier alpha value is -1.10. The third-order valence-electron chi connectivity index (χ3n) is 2.52. The third kappa shape index (κ3) is 5.11. The molecule has 0 heterocycles. The average molecular weight is 231 g/mol. The van der Waals surface area contributed by atoms with Gasteiger partial charge in [-0.3, -0.25) is 14.5 Å². The summed E-state index contributed by atoms with van der Waals surface area (Å²) in [5.74, 6) is -1.13. The van der Waals surface area contributed by atoms with Crippen molar-refractivity contribution in [1.29, 1.82) is 0 Å². The molecule has 0 aromatic carbocycles. The van der Waals surface area contributed by atoms with Gasteiger partial charge in [-0.05, 0) is 13.0 Å². The molecular weight excluding hydrogens is 210 g/mol. The Bertz CT molecular complexity index is 230. The molecule has 0 aliphatic rings. The van der Waals surface area contributed by atoms with Gasteiger partial charge in [0.25, 0.3) is 0 Å². The molecule has 0 saturated heterocycles. The molecule has 1 unspecified atom stereocenters. The Balaban J connectivity index is 4.31.